The number of hydrogen-bond donors (Lipinski definition) is 2. The predicted molar refractivity (Wildman–Crippen MR) is 122 cm³/mol. The molecule has 0 bridgehead atoms. The van der Waals surface area contributed by atoms with Crippen LogP contribution in [0.1, 0.15) is 35.3 Å². The van der Waals surface area contributed by atoms with Crippen LogP contribution in [0.25, 0.3) is 0 Å². The summed E-state index contributed by atoms with van der Waals surface area (Å²) in [6.45, 7) is 1.40. The Morgan fingerprint density at radius 2 is 1.97 bits per heavy atom. The van der Waals surface area contributed by atoms with E-state index < -0.39 is 11.5 Å². The zero-order valence-electron chi connectivity index (χ0n) is 17.8. The summed E-state index contributed by atoms with van der Waals surface area (Å²) in [4.78, 5) is 37.7. The van der Waals surface area contributed by atoms with Crippen LogP contribution < -0.4 is 20.9 Å². The molecular formula is C22H25ClN6O3. The highest BCUT2D eigenvalue weighted by Gasteiger charge is 2.14. The highest BCUT2D eigenvalue weighted by molar-refractivity contribution is 6.30. The zero-order valence-corrected chi connectivity index (χ0v) is 18.5. The van der Waals surface area contributed by atoms with Gasteiger partial charge in [0.15, 0.2) is 0 Å². The van der Waals surface area contributed by atoms with Crippen molar-refractivity contribution in [1.29, 1.82) is 0 Å². The van der Waals surface area contributed by atoms with E-state index in [1.165, 1.54) is 16.8 Å². The molecule has 0 aliphatic heterocycles. The van der Waals surface area contributed by atoms with Gasteiger partial charge >= 0.3 is 0 Å². The number of aromatic nitrogens is 4. The van der Waals surface area contributed by atoms with Crippen LogP contribution in [0.3, 0.4) is 0 Å². The number of anilines is 1. The van der Waals surface area contributed by atoms with Crippen LogP contribution in [0.2, 0.25) is 5.02 Å². The molecule has 32 heavy (non-hydrogen) atoms. The molecular weight excluding hydrogens is 432 g/mol. The topological polar surface area (TPSA) is 111 Å². The van der Waals surface area contributed by atoms with E-state index in [1.54, 1.807) is 31.6 Å². The van der Waals surface area contributed by atoms with Crippen molar-refractivity contribution in [1.82, 2.24) is 24.8 Å². The molecule has 1 amide bonds. The molecule has 2 N–H and O–H groups in total. The second kappa shape index (κ2) is 11.8. The molecule has 0 aliphatic rings. The van der Waals surface area contributed by atoms with Gasteiger partial charge in [0.05, 0.1) is 24.4 Å². The van der Waals surface area contributed by atoms with E-state index in [0.717, 1.165) is 19.3 Å². The highest BCUT2D eigenvalue weighted by atomic mass is 35.5. The Morgan fingerprint density at radius 3 is 2.75 bits per heavy atom. The fourth-order valence-electron chi connectivity index (χ4n) is 3.01. The molecule has 9 nitrogen and oxygen atoms in total. The maximum atomic E-state index is 12.7. The number of methoxy groups -OCH3 is 1. The molecule has 0 spiro atoms. The maximum absolute atomic E-state index is 12.7. The first-order valence-corrected chi connectivity index (χ1v) is 10.6. The number of hydrogen-bond acceptors (Lipinski definition) is 7. The van der Waals surface area contributed by atoms with E-state index in [0.29, 0.717) is 35.6 Å². The lowest BCUT2D eigenvalue weighted by molar-refractivity contribution is 0.0951. The lowest BCUT2D eigenvalue weighted by atomic mass is 10.2. The normalized spacial score (nSPS) is 10.6. The van der Waals surface area contributed by atoms with Gasteiger partial charge in [-0.05, 0) is 37.5 Å². The second-order valence-electron chi connectivity index (χ2n) is 6.99. The number of carbonyl (C=O) groups excluding carboxylic acids is 1. The molecule has 168 valence electrons. The molecule has 0 fully saturated rings. The highest BCUT2D eigenvalue weighted by Crippen LogP contribution is 2.10. The standard InChI is InChI=1S/C22H25ClN6O3/c1-32-19-8-12-27-22(28-19)26-11-5-2-4-10-25-20(30)18-13-16(23)14-29(21(18)31)15-17-7-3-6-9-24-17/h3,6-9,12-14H,2,4-5,10-11,15H2,1H3,(H,25,30)(H,26,27,28). The summed E-state index contributed by atoms with van der Waals surface area (Å²) in [7, 11) is 1.56. The minimum Gasteiger partial charge on any atom is -0.481 e. The van der Waals surface area contributed by atoms with Gasteiger partial charge in [-0.3, -0.25) is 14.6 Å². The molecule has 0 aliphatic carbocycles. The number of unbranched alkanes of at least 4 members (excludes halogenated alkanes) is 2. The second-order valence-corrected chi connectivity index (χ2v) is 7.43. The monoisotopic (exact) mass is 456 g/mol. The molecule has 3 rings (SSSR count). The maximum Gasteiger partial charge on any atom is 0.263 e. The van der Waals surface area contributed by atoms with Crippen LogP contribution in [0.4, 0.5) is 5.95 Å². The van der Waals surface area contributed by atoms with E-state index in [1.807, 2.05) is 12.1 Å². The molecule has 3 aromatic rings. The van der Waals surface area contributed by atoms with Gasteiger partial charge in [0.25, 0.3) is 11.5 Å². The first kappa shape index (κ1) is 23.2. The van der Waals surface area contributed by atoms with Gasteiger partial charge < -0.3 is 19.9 Å². The first-order valence-electron chi connectivity index (χ1n) is 10.3. The lowest BCUT2D eigenvalue weighted by Gasteiger charge is -2.10. The van der Waals surface area contributed by atoms with Crippen molar-refractivity contribution in [2.45, 2.75) is 25.8 Å². The Hall–Kier alpha value is -3.46. The van der Waals surface area contributed by atoms with Crippen molar-refractivity contribution in [3.63, 3.8) is 0 Å². The van der Waals surface area contributed by atoms with Gasteiger partial charge in [0, 0.05) is 37.7 Å². The molecule has 3 aromatic heterocycles. The van der Waals surface area contributed by atoms with Crippen molar-refractivity contribution >= 4 is 23.5 Å². The number of amides is 1. The van der Waals surface area contributed by atoms with Crippen LogP contribution in [0.15, 0.2) is 53.7 Å². The van der Waals surface area contributed by atoms with Crippen molar-refractivity contribution < 1.29 is 9.53 Å². The Bertz CT molecular complexity index is 1090. The van der Waals surface area contributed by atoms with Crippen LogP contribution in [0.5, 0.6) is 5.88 Å². The third-order valence-electron chi connectivity index (χ3n) is 4.62. The summed E-state index contributed by atoms with van der Waals surface area (Å²) in [5.41, 5.74) is 0.321. The molecule has 0 atom stereocenters. The summed E-state index contributed by atoms with van der Waals surface area (Å²) in [5.74, 6) is 0.584. The van der Waals surface area contributed by atoms with E-state index in [2.05, 4.69) is 25.6 Å². The minimum absolute atomic E-state index is 0.0188. The van der Waals surface area contributed by atoms with E-state index >= 15 is 0 Å². The number of pyridine rings is 2. The van der Waals surface area contributed by atoms with Gasteiger partial charge in [-0.1, -0.05) is 17.7 Å². The largest absolute Gasteiger partial charge is 0.481 e. The molecule has 0 saturated carbocycles. The van der Waals surface area contributed by atoms with Gasteiger partial charge in [-0.15, -0.1) is 0 Å². The molecule has 0 saturated heterocycles. The Kier molecular flexibility index (Phi) is 8.56. The van der Waals surface area contributed by atoms with Gasteiger partial charge in [0.1, 0.15) is 5.56 Å². The van der Waals surface area contributed by atoms with Crippen LogP contribution in [0, 0.1) is 0 Å². The van der Waals surface area contributed by atoms with Crippen LogP contribution in [-0.2, 0) is 6.54 Å². The average molecular weight is 457 g/mol. The van der Waals surface area contributed by atoms with Crippen molar-refractivity contribution in [3.05, 3.63) is 75.6 Å². The minimum atomic E-state index is -0.435. The molecule has 0 radical (unpaired) electrons. The van der Waals surface area contributed by atoms with E-state index in [9.17, 15) is 9.59 Å². The van der Waals surface area contributed by atoms with Gasteiger partial charge in [-0.25, -0.2) is 4.98 Å². The smallest absolute Gasteiger partial charge is 0.263 e. The molecule has 0 aromatic carbocycles. The van der Waals surface area contributed by atoms with Gasteiger partial charge in [-0.2, -0.15) is 4.98 Å². The van der Waals surface area contributed by atoms with Crippen molar-refractivity contribution in [2.75, 3.05) is 25.5 Å². The third-order valence-corrected chi connectivity index (χ3v) is 4.82. The number of nitrogens with one attached hydrogen (secondary N) is 2. The van der Waals surface area contributed by atoms with Crippen molar-refractivity contribution in [3.8, 4) is 5.88 Å². The molecule has 3 heterocycles. The number of rotatable bonds is 11. The molecule has 0 unspecified atom stereocenters. The third kappa shape index (κ3) is 6.78. The number of halogens is 1. The van der Waals surface area contributed by atoms with Crippen LogP contribution >= 0.6 is 11.6 Å². The summed E-state index contributed by atoms with van der Waals surface area (Å²) >= 11 is 6.14. The fraction of sp³-hybridized carbons (Fsp3) is 0.318. The predicted octanol–water partition coefficient (Wildman–Crippen LogP) is 2.76. The summed E-state index contributed by atoms with van der Waals surface area (Å²) in [6, 6.07) is 8.52. The zero-order chi connectivity index (χ0) is 22.8. The fourth-order valence-corrected chi connectivity index (χ4v) is 3.24. The summed E-state index contributed by atoms with van der Waals surface area (Å²) < 4.78 is 6.45. The first-order chi connectivity index (χ1) is 15.6. The average Bonchev–Trinajstić information content (AvgIpc) is 2.81. The van der Waals surface area contributed by atoms with Gasteiger partial charge in [0.2, 0.25) is 11.8 Å². The van der Waals surface area contributed by atoms with E-state index in [-0.39, 0.29) is 12.1 Å². The lowest BCUT2D eigenvalue weighted by Crippen LogP contribution is -2.33. The Labute approximate surface area is 190 Å². The van der Waals surface area contributed by atoms with Crippen LogP contribution in [-0.4, -0.2) is 45.6 Å². The van der Waals surface area contributed by atoms with Crippen molar-refractivity contribution in [2.24, 2.45) is 0 Å². The summed E-state index contributed by atoms with van der Waals surface area (Å²) in [5, 5.41) is 6.24. The number of carbonyl (C=O) groups is 1. The Morgan fingerprint density at radius 1 is 1.12 bits per heavy atom. The Balaban J connectivity index is 1.44. The SMILES string of the molecule is COc1ccnc(NCCCCCNC(=O)c2cc(Cl)cn(Cc3ccccn3)c2=O)n1. The number of ether oxygens (including phenoxy) is 1. The quantitative estimate of drug-likeness (QED) is 0.427. The number of nitrogens with zero attached hydrogens (tertiary/aromatic N) is 4. The molecule has 10 heteroatoms. The van der Waals surface area contributed by atoms with E-state index in [4.69, 9.17) is 16.3 Å². The summed E-state index contributed by atoms with van der Waals surface area (Å²) in [6.07, 6.45) is 7.33.